The van der Waals surface area contributed by atoms with Crippen molar-refractivity contribution in [3.8, 4) is 0 Å². The van der Waals surface area contributed by atoms with Gasteiger partial charge in [-0.2, -0.15) is 12.1 Å². The molecular formula is C12H26N3O7Pt-3. The monoisotopic (exact) mass is 519 g/mol. The molecule has 0 aromatic heterocycles. The van der Waals surface area contributed by atoms with E-state index in [2.05, 4.69) is 0 Å². The standard InChI is InChI=1S/C6H12N2.C6H11NO5.2H2O.Pt/c7-5-3-1-2-4-6(5)8;8-2-1-7(3-5(9)10)4-6(11)12;;;/h5-8H,1-4H2;8H,1-4H2,(H,9,10)(H,11,12);2*1H2;/q-2;;;;/p-1. The van der Waals surface area contributed by atoms with Gasteiger partial charge in [0.15, 0.2) is 0 Å². The summed E-state index contributed by atoms with van der Waals surface area (Å²) in [4.78, 5) is 21.2. The molecule has 11 heteroatoms. The van der Waals surface area contributed by atoms with Crippen molar-refractivity contribution in [1.29, 1.82) is 0 Å². The summed E-state index contributed by atoms with van der Waals surface area (Å²) >= 11 is 0. The van der Waals surface area contributed by atoms with E-state index in [1.165, 1.54) is 12.8 Å². The molecule has 0 heterocycles. The van der Waals surface area contributed by atoms with Gasteiger partial charge in [-0.25, -0.2) is 0 Å². The average molecular weight is 519 g/mol. The summed E-state index contributed by atoms with van der Waals surface area (Å²) < 4.78 is 0. The van der Waals surface area contributed by atoms with Gasteiger partial charge in [-0.05, 0) is 0 Å². The maximum absolute atomic E-state index is 10.1. The molecule has 0 spiro atoms. The Balaban J connectivity index is -0.000000146. The zero-order valence-corrected chi connectivity index (χ0v) is 15.0. The summed E-state index contributed by atoms with van der Waals surface area (Å²) in [7, 11) is 0. The Bertz CT molecular complexity index is 284. The average Bonchev–Trinajstić information content (AvgIpc) is 2.32. The number of carbonyl (C=O) groups excluding carboxylic acids is 1. The number of rotatable bonds is 6. The van der Waals surface area contributed by atoms with Crippen LogP contribution in [0.3, 0.4) is 0 Å². The van der Waals surface area contributed by atoms with Crippen molar-refractivity contribution in [1.82, 2.24) is 4.90 Å². The van der Waals surface area contributed by atoms with E-state index in [9.17, 15) is 14.7 Å². The minimum atomic E-state index is -1.36. The first kappa shape index (κ1) is 30.3. The Hall–Kier alpha value is -0.612. The number of hydrogen-bond donors (Lipinski definition) is 2. The second-order valence-corrected chi connectivity index (χ2v) is 4.70. The van der Waals surface area contributed by atoms with Crippen molar-refractivity contribution < 1.29 is 56.9 Å². The maximum Gasteiger partial charge on any atom is 0.317 e. The number of aliphatic hydroxyl groups excluding tert-OH is 1. The van der Waals surface area contributed by atoms with Crippen LogP contribution < -0.4 is 5.11 Å². The molecule has 1 rings (SSSR count). The van der Waals surface area contributed by atoms with E-state index < -0.39 is 25.0 Å². The summed E-state index contributed by atoms with van der Waals surface area (Å²) in [5, 5.41) is 26.7. The molecule has 10 nitrogen and oxygen atoms in total. The van der Waals surface area contributed by atoms with E-state index in [1.807, 2.05) is 0 Å². The van der Waals surface area contributed by atoms with Crippen molar-refractivity contribution in [3.05, 3.63) is 11.5 Å². The van der Waals surface area contributed by atoms with Gasteiger partial charge in [0, 0.05) is 34.2 Å². The Morgan fingerprint density at radius 2 is 1.52 bits per heavy atom. The van der Waals surface area contributed by atoms with Crippen molar-refractivity contribution >= 4 is 11.9 Å². The molecule has 1 aliphatic carbocycles. The second kappa shape index (κ2) is 17.7. The normalized spacial score (nSPS) is 19.1. The molecule has 0 aliphatic heterocycles. The summed E-state index contributed by atoms with van der Waals surface area (Å²) in [5.41, 5.74) is 14.6. The number of nitrogens with one attached hydrogen (secondary N) is 2. The molecule has 8 N–H and O–H groups in total. The quantitative estimate of drug-likeness (QED) is 0.399. The SMILES string of the molecule is O.O.O=C([O-])CN(CCO)CC(=O)O.[NH-]C1CCCCC1[NH-].[Pt]. The molecule has 2 unspecified atom stereocenters. The van der Waals surface area contributed by atoms with Crippen LogP contribution in [0.25, 0.3) is 11.5 Å². The number of hydrogen-bond acceptors (Lipinski definition) is 5. The minimum absolute atomic E-state index is 0. The third-order valence-electron chi connectivity index (χ3n) is 2.89. The van der Waals surface area contributed by atoms with Crippen LogP contribution in [-0.2, 0) is 30.7 Å². The first-order valence-electron chi connectivity index (χ1n) is 6.54. The minimum Gasteiger partial charge on any atom is -0.676 e. The molecule has 1 saturated carbocycles. The number of nitrogens with zero attached hydrogens (tertiary/aromatic N) is 1. The molecule has 0 aromatic carbocycles. The van der Waals surface area contributed by atoms with Crippen LogP contribution in [0.5, 0.6) is 0 Å². The zero-order valence-electron chi connectivity index (χ0n) is 12.7. The number of carboxylic acids is 2. The first-order chi connectivity index (χ1) is 9.36. The fraction of sp³-hybridized carbons (Fsp3) is 0.833. The van der Waals surface area contributed by atoms with Gasteiger partial charge in [0.05, 0.1) is 19.1 Å². The van der Waals surface area contributed by atoms with Gasteiger partial charge in [0.2, 0.25) is 0 Å². The Morgan fingerprint density at radius 3 is 1.78 bits per heavy atom. The van der Waals surface area contributed by atoms with Crippen LogP contribution in [0.1, 0.15) is 25.7 Å². The third-order valence-corrected chi connectivity index (χ3v) is 2.89. The van der Waals surface area contributed by atoms with Crippen molar-refractivity contribution in [2.75, 3.05) is 26.2 Å². The number of carbonyl (C=O) groups is 2. The first-order valence-corrected chi connectivity index (χ1v) is 6.54. The van der Waals surface area contributed by atoms with E-state index in [0.29, 0.717) is 0 Å². The molecule has 0 aromatic rings. The molecule has 0 bridgehead atoms. The summed E-state index contributed by atoms with van der Waals surface area (Å²) in [6.07, 6.45) is 4.25. The predicted molar refractivity (Wildman–Crippen MR) is 78.1 cm³/mol. The van der Waals surface area contributed by atoms with Gasteiger partial charge in [-0.15, -0.1) is 0 Å². The van der Waals surface area contributed by atoms with Crippen LogP contribution in [0.4, 0.5) is 0 Å². The molecule has 144 valence electrons. The fourth-order valence-electron chi connectivity index (χ4n) is 1.86. The van der Waals surface area contributed by atoms with Gasteiger partial charge in [0.1, 0.15) is 0 Å². The van der Waals surface area contributed by atoms with Gasteiger partial charge < -0.3 is 42.5 Å². The smallest absolute Gasteiger partial charge is 0.317 e. The number of aliphatic hydroxyl groups is 1. The van der Waals surface area contributed by atoms with Gasteiger partial charge in [0.25, 0.3) is 0 Å². The van der Waals surface area contributed by atoms with Crippen LogP contribution in [-0.4, -0.2) is 76.3 Å². The van der Waals surface area contributed by atoms with E-state index in [-0.39, 0.29) is 57.3 Å². The van der Waals surface area contributed by atoms with Crippen molar-refractivity contribution in [2.24, 2.45) is 0 Å². The Kier molecular flexibility index (Phi) is 23.4. The molecule has 1 fully saturated rings. The molecule has 0 radical (unpaired) electrons. The van der Waals surface area contributed by atoms with E-state index in [4.69, 9.17) is 21.7 Å². The van der Waals surface area contributed by atoms with E-state index in [0.717, 1.165) is 17.7 Å². The largest absolute Gasteiger partial charge is 0.676 e. The Morgan fingerprint density at radius 1 is 1.09 bits per heavy atom. The van der Waals surface area contributed by atoms with Crippen LogP contribution in [0.15, 0.2) is 0 Å². The van der Waals surface area contributed by atoms with Crippen LogP contribution >= 0.6 is 0 Å². The topological polar surface area (TPSA) is 212 Å². The predicted octanol–water partition coefficient (Wildman–Crippen LogP) is -2.13. The summed E-state index contributed by atoms with van der Waals surface area (Å²) in [6, 6.07) is -0.160. The van der Waals surface area contributed by atoms with Crippen molar-refractivity contribution in [3.63, 3.8) is 0 Å². The molecule has 0 amide bonds. The zero-order chi connectivity index (χ0) is 15.5. The molecule has 0 saturated heterocycles. The molecule has 1 aliphatic rings. The second-order valence-electron chi connectivity index (χ2n) is 4.70. The fourth-order valence-corrected chi connectivity index (χ4v) is 1.86. The maximum atomic E-state index is 10.1. The Labute approximate surface area is 149 Å². The summed E-state index contributed by atoms with van der Waals surface area (Å²) in [6.45, 7) is -1.15. The van der Waals surface area contributed by atoms with E-state index >= 15 is 0 Å². The summed E-state index contributed by atoms with van der Waals surface area (Å²) in [5.74, 6) is -2.49. The van der Waals surface area contributed by atoms with E-state index in [1.54, 1.807) is 0 Å². The van der Waals surface area contributed by atoms with Gasteiger partial charge >= 0.3 is 5.97 Å². The van der Waals surface area contributed by atoms with Gasteiger partial charge in [-0.3, -0.25) is 9.69 Å². The number of carboxylic acid groups (broad SMARTS) is 2. The molecular weight excluding hydrogens is 493 g/mol. The van der Waals surface area contributed by atoms with Crippen molar-refractivity contribution in [2.45, 2.75) is 37.8 Å². The molecule has 23 heavy (non-hydrogen) atoms. The van der Waals surface area contributed by atoms with Crippen LogP contribution in [0.2, 0.25) is 0 Å². The number of aliphatic carboxylic acids is 2. The molecule has 2 atom stereocenters. The van der Waals surface area contributed by atoms with Crippen LogP contribution in [0, 0.1) is 0 Å². The third kappa shape index (κ3) is 17.6. The van der Waals surface area contributed by atoms with Gasteiger partial charge in [-0.1, -0.05) is 25.7 Å².